The Hall–Kier alpha value is -2.42. The van der Waals surface area contributed by atoms with E-state index in [2.05, 4.69) is 65.5 Å². The summed E-state index contributed by atoms with van der Waals surface area (Å²) in [5, 5.41) is 10.4. The molecule has 0 amide bonds. The fourth-order valence-corrected chi connectivity index (χ4v) is 3.99. The SMILES string of the molecule is C=CC.CC.Cc1c(C)c2c(c(C)c1O)CCC(C)(COc1ccc(C(C)C(C)(C)C)cc1)O2. The van der Waals surface area contributed by atoms with Gasteiger partial charge in [0.1, 0.15) is 29.5 Å². The highest BCUT2D eigenvalue weighted by Crippen LogP contribution is 2.43. The monoisotopic (exact) mass is 468 g/mol. The van der Waals surface area contributed by atoms with Crippen LogP contribution < -0.4 is 9.47 Å². The Labute approximate surface area is 209 Å². The normalized spacial score (nSPS) is 17.6. The molecular weight excluding hydrogens is 420 g/mol. The largest absolute Gasteiger partial charge is 0.507 e. The van der Waals surface area contributed by atoms with E-state index >= 15 is 0 Å². The minimum absolute atomic E-state index is 0.238. The Kier molecular flexibility index (Phi) is 10.7. The molecule has 0 aliphatic carbocycles. The molecule has 0 fully saturated rings. The Morgan fingerprint density at radius 1 is 1.09 bits per heavy atom. The molecular formula is C31H48O3. The Balaban J connectivity index is 0.00000107. The van der Waals surface area contributed by atoms with E-state index in [1.54, 1.807) is 6.08 Å². The predicted molar refractivity (Wildman–Crippen MR) is 147 cm³/mol. The third-order valence-electron chi connectivity index (χ3n) is 6.82. The van der Waals surface area contributed by atoms with Crippen LogP contribution in [0.5, 0.6) is 17.2 Å². The van der Waals surface area contributed by atoms with E-state index in [9.17, 15) is 5.11 Å². The molecule has 2 aromatic carbocycles. The van der Waals surface area contributed by atoms with Crippen molar-refractivity contribution in [1.82, 2.24) is 0 Å². The molecule has 1 aliphatic rings. The number of hydrogen-bond donors (Lipinski definition) is 1. The van der Waals surface area contributed by atoms with Crippen LogP contribution in [-0.2, 0) is 6.42 Å². The third kappa shape index (κ3) is 7.04. The van der Waals surface area contributed by atoms with Crippen molar-refractivity contribution in [3.63, 3.8) is 0 Å². The van der Waals surface area contributed by atoms with Crippen LogP contribution in [0.3, 0.4) is 0 Å². The quantitative estimate of drug-likeness (QED) is 0.455. The van der Waals surface area contributed by atoms with E-state index in [1.807, 2.05) is 41.5 Å². The number of phenols is 1. The number of allylic oxidation sites excluding steroid dienone is 1. The number of fused-ring (bicyclic) bond motifs is 1. The van der Waals surface area contributed by atoms with Gasteiger partial charge < -0.3 is 14.6 Å². The van der Waals surface area contributed by atoms with Crippen LogP contribution in [0.2, 0.25) is 0 Å². The van der Waals surface area contributed by atoms with Gasteiger partial charge in [-0.1, -0.05) is 59.8 Å². The molecule has 2 unspecified atom stereocenters. The number of ether oxygens (including phenoxy) is 2. The zero-order valence-corrected chi connectivity index (χ0v) is 23.6. The highest BCUT2D eigenvalue weighted by molar-refractivity contribution is 5.58. The Morgan fingerprint density at radius 3 is 2.12 bits per heavy atom. The first kappa shape index (κ1) is 29.6. The van der Waals surface area contributed by atoms with E-state index in [0.717, 1.165) is 46.6 Å². The van der Waals surface area contributed by atoms with Crippen molar-refractivity contribution >= 4 is 0 Å². The van der Waals surface area contributed by atoms with Gasteiger partial charge >= 0.3 is 0 Å². The van der Waals surface area contributed by atoms with Crippen molar-refractivity contribution < 1.29 is 14.6 Å². The van der Waals surface area contributed by atoms with Gasteiger partial charge in [0.2, 0.25) is 0 Å². The second-order valence-corrected chi connectivity index (χ2v) is 10.4. The maximum absolute atomic E-state index is 10.4. The van der Waals surface area contributed by atoms with E-state index < -0.39 is 0 Å². The number of phenolic OH excluding ortho intramolecular Hbond substituents is 1. The van der Waals surface area contributed by atoms with Crippen molar-refractivity contribution in [3.8, 4) is 17.2 Å². The maximum Gasteiger partial charge on any atom is 0.140 e. The molecule has 1 heterocycles. The fourth-order valence-electron chi connectivity index (χ4n) is 3.99. The smallest absolute Gasteiger partial charge is 0.140 e. The number of hydrogen-bond acceptors (Lipinski definition) is 3. The van der Waals surface area contributed by atoms with E-state index in [4.69, 9.17) is 9.47 Å². The van der Waals surface area contributed by atoms with Gasteiger partial charge in [-0.25, -0.2) is 0 Å². The molecule has 0 bridgehead atoms. The minimum Gasteiger partial charge on any atom is -0.507 e. The molecule has 1 aliphatic heterocycles. The summed E-state index contributed by atoms with van der Waals surface area (Å²) in [7, 11) is 0. The summed E-state index contributed by atoms with van der Waals surface area (Å²) in [6.45, 7) is 26.9. The summed E-state index contributed by atoms with van der Waals surface area (Å²) in [6.07, 6.45) is 3.50. The molecule has 0 spiro atoms. The van der Waals surface area contributed by atoms with Crippen molar-refractivity contribution in [3.05, 3.63) is 64.7 Å². The molecule has 0 saturated heterocycles. The Morgan fingerprint density at radius 2 is 1.62 bits per heavy atom. The molecule has 1 N–H and O–H groups in total. The lowest BCUT2D eigenvalue weighted by Crippen LogP contribution is -2.42. The Bertz CT molecular complexity index is 935. The predicted octanol–water partition coefficient (Wildman–Crippen LogP) is 8.85. The first-order valence-electron chi connectivity index (χ1n) is 12.6. The maximum atomic E-state index is 10.4. The summed E-state index contributed by atoms with van der Waals surface area (Å²) >= 11 is 0. The average molecular weight is 469 g/mol. The van der Waals surface area contributed by atoms with Gasteiger partial charge in [0, 0.05) is 5.56 Å². The summed E-state index contributed by atoms with van der Waals surface area (Å²) in [4.78, 5) is 0. The van der Waals surface area contributed by atoms with Crippen LogP contribution >= 0.6 is 0 Å². The van der Waals surface area contributed by atoms with Crippen LogP contribution in [-0.4, -0.2) is 17.3 Å². The van der Waals surface area contributed by atoms with Crippen molar-refractivity contribution in [2.75, 3.05) is 6.61 Å². The molecule has 190 valence electrons. The summed E-state index contributed by atoms with van der Waals surface area (Å²) in [6, 6.07) is 8.47. The molecule has 0 aromatic heterocycles. The van der Waals surface area contributed by atoms with Crippen molar-refractivity contribution in [2.45, 2.75) is 101 Å². The second-order valence-electron chi connectivity index (χ2n) is 10.4. The van der Waals surface area contributed by atoms with Crippen LogP contribution in [0.15, 0.2) is 36.9 Å². The third-order valence-corrected chi connectivity index (χ3v) is 6.82. The molecule has 3 rings (SSSR count). The van der Waals surface area contributed by atoms with Gasteiger partial charge in [-0.2, -0.15) is 0 Å². The summed E-state index contributed by atoms with van der Waals surface area (Å²) < 4.78 is 12.6. The lowest BCUT2D eigenvalue weighted by Gasteiger charge is -2.37. The molecule has 3 nitrogen and oxygen atoms in total. The lowest BCUT2D eigenvalue weighted by molar-refractivity contribution is 0.0166. The second kappa shape index (κ2) is 12.3. The van der Waals surface area contributed by atoms with Crippen LogP contribution in [0, 0.1) is 26.2 Å². The average Bonchev–Trinajstić information content (AvgIpc) is 2.81. The van der Waals surface area contributed by atoms with E-state index in [0.29, 0.717) is 18.3 Å². The van der Waals surface area contributed by atoms with Gasteiger partial charge in [0.25, 0.3) is 0 Å². The zero-order chi connectivity index (χ0) is 26.3. The topological polar surface area (TPSA) is 38.7 Å². The molecule has 0 radical (unpaired) electrons. The van der Waals surface area contributed by atoms with E-state index in [1.165, 1.54) is 5.56 Å². The summed E-state index contributed by atoms with van der Waals surface area (Å²) in [5.74, 6) is 2.68. The van der Waals surface area contributed by atoms with Crippen molar-refractivity contribution in [2.24, 2.45) is 5.41 Å². The molecule has 34 heavy (non-hydrogen) atoms. The van der Waals surface area contributed by atoms with Gasteiger partial charge in [-0.15, -0.1) is 6.58 Å². The highest BCUT2D eigenvalue weighted by Gasteiger charge is 2.35. The fraction of sp³-hybridized carbons (Fsp3) is 0.548. The molecule has 2 atom stereocenters. The van der Waals surface area contributed by atoms with E-state index in [-0.39, 0.29) is 11.0 Å². The minimum atomic E-state index is -0.384. The van der Waals surface area contributed by atoms with Crippen LogP contribution in [0.1, 0.15) is 95.5 Å². The molecule has 3 heteroatoms. The van der Waals surface area contributed by atoms with Gasteiger partial charge in [-0.3, -0.25) is 0 Å². The van der Waals surface area contributed by atoms with Gasteiger partial charge in [0.05, 0.1) is 0 Å². The first-order chi connectivity index (χ1) is 15.8. The summed E-state index contributed by atoms with van der Waals surface area (Å²) in [5.41, 5.74) is 5.18. The first-order valence-corrected chi connectivity index (χ1v) is 12.6. The van der Waals surface area contributed by atoms with Crippen molar-refractivity contribution in [1.29, 1.82) is 0 Å². The number of rotatable bonds is 4. The molecule has 2 aromatic rings. The highest BCUT2D eigenvalue weighted by atomic mass is 16.5. The number of benzene rings is 2. The number of aromatic hydroxyl groups is 1. The van der Waals surface area contributed by atoms with Crippen LogP contribution in [0.25, 0.3) is 0 Å². The standard InChI is InChI=1S/C26H36O3.C3H6.C2H6/c1-16-17(2)24-22(18(3)23(16)27)13-14-26(8,29-24)15-28-21-11-9-20(10-12-21)19(4)25(5,6)7;1-3-2;1-2/h9-12,19,27H,13-15H2,1-8H3;3H,1H2,2H3;1-2H3. The van der Waals surface area contributed by atoms with Gasteiger partial charge in [-0.05, 0) is 93.2 Å². The zero-order valence-electron chi connectivity index (χ0n) is 23.6. The molecule has 0 saturated carbocycles. The van der Waals surface area contributed by atoms with Crippen LogP contribution in [0.4, 0.5) is 0 Å². The van der Waals surface area contributed by atoms with Gasteiger partial charge in [0.15, 0.2) is 0 Å². The lowest BCUT2D eigenvalue weighted by atomic mass is 9.78.